The molecule has 0 aromatic carbocycles. The molecule has 0 bridgehead atoms. The summed E-state index contributed by atoms with van der Waals surface area (Å²) in [4.78, 5) is 15.6. The molecule has 11 nitrogen and oxygen atoms in total. The van der Waals surface area contributed by atoms with Crippen molar-refractivity contribution in [1.82, 2.24) is 34.1 Å². The molecule has 5 aromatic heterocycles. The molecule has 0 fully saturated rings. The predicted octanol–water partition coefficient (Wildman–Crippen LogP) is 1.58. The van der Waals surface area contributed by atoms with Crippen molar-refractivity contribution in [2.24, 2.45) is 0 Å². The molecule has 0 radical (unpaired) electrons. The van der Waals surface area contributed by atoms with Gasteiger partial charge in [-0.2, -0.15) is 5.10 Å². The SMILES string of the molecule is CS(=O)(=O)c1ncc(-c2cnc3n[nH]c(-c4cc5cccnc5[nH]4)c3c2)n1S(C)(=O)=O. The summed E-state index contributed by atoms with van der Waals surface area (Å²) in [5.41, 5.74) is 2.94. The summed E-state index contributed by atoms with van der Waals surface area (Å²) in [6.07, 6.45) is 6.12. The number of nitrogens with zero attached hydrogens (tertiary/aromatic N) is 5. The van der Waals surface area contributed by atoms with Crippen LogP contribution >= 0.6 is 0 Å². The van der Waals surface area contributed by atoms with Crippen LogP contribution in [0.15, 0.2) is 48.0 Å². The monoisotopic (exact) mass is 457 g/mol. The van der Waals surface area contributed by atoms with Crippen LogP contribution < -0.4 is 0 Å². The fourth-order valence-electron chi connectivity index (χ4n) is 3.42. The van der Waals surface area contributed by atoms with Crippen LogP contribution in [-0.4, -0.2) is 63.5 Å². The molecule has 0 unspecified atom stereocenters. The first-order valence-electron chi connectivity index (χ1n) is 8.90. The van der Waals surface area contributed by atoms with E-state index in [2.05, 4.69) is 30.1 Å². The first-order chi connectivity index (χ1) is 14.6. The minimum absolute atomic E-state index is 0.0859. The number of H-pyrrole nitrogens is 2. The van der Waals surface area contributed by atoms with E-state index in [1.54, 1.807) is 12.3 Å². The van der Waals surface area contributed by atoms with Gasteiger partial charge in [-0.25, -0.2) is 35.8 Å². The van der Waals surface area contributed by atoms with Crippen LogP contribution in [0.5, 0.6) is 0 Å². The zero-order valence-corrected chi connectivity index (χ0v) is 17.9. The zero-order chi connectivity index (χ0) is 22.0. The standard InChI is InChI=1S/C18H15N7O4S2/c1-30(26,27)18-21-9-14(25(18)31(2,28)29)11-6-12-15(23-24-17(12)20-8-11)13-7-10-4-3-5-19-16(10)22-13/h3-9H,1-2H3,(H,19,22)(H,20,23,24). The molecule has 5 heterocycles. The predicted molar refractivity (Wildman–Crippen MR) is 114 cm³/mol. The minimum atomic E-state index is -3.96. The highest BCUT2D eigenvalue weighted by molar-refractivity contribution is 7.92. The number of aromatic amines is 2. The Bertz CT molecular complexity index is 1660. The molecule has 0 amide bonds. The molecule has 0 saturated heterocycles. The second-order valence-corrected chi connectivity index (χ2v) is 10.8. The second-order valence-electron chi connectivity index (χ2n) is 7.04. The number of aromatic nitrogens is 7. The van der Waals surface area contributed by atoms with Gasteiger partial charge in [0.15, 0.2) is 5.65 Å². The maximum Gasteiger partial charge on any atom is 0.241 e. The van der Waals surface area contributed by atoms with Gasteiger partial charge in [-0.05, 0) is 24.3 Å². The van der Waals surface area contributed by atoms with E-state index in [-0.39, 0.29) is 5.69 Å². The van der Waals surface area contributed by atoms with Crippen LogP contribution in [0.3, 0.4) is 0 Å². The Hall–Kier alpha value is -3.58. The zero-order valence-electron chi connectivity index (χ0n) is 16.2. The van der Waals surface area contributed by atoms with E-state index >= 15 is 0 Å². The molecule has 0 spiro atoms. The topological polar surface area (TPSA) is 156 Å². The fraction of sp³-hybridized carbons (Fsp3) is 0.111. The molecule has 0 aliphatic carbocycles. The Morgan fingerprint density at radius 1 is 1.00 bits per heavy atom. The lowest BCUT2D eigenvalue weighted by Gasteiger charge is -2.08. The summed E-state index contributed by atoms with van der Waals surface area (Å²) in [6, 6.07) is 7.34. The van der Waals surface area contributed by atoms with Crippen LogP contribution in [0, 0.1) is 0 Å². The van der Waals surface area contributed by atoms with Gasteiger partial charge in [-0.1, -0.05) is 0 Å². The summed E-state index contributed by atoms with van der Waals surface area (Å²) in [6.45, 7) is 0. The number of hydrogen-bond donors (Lipinski definition) is 2. The normalized spacial score (nSPS) is 12.7. The Balaban J connectivity index is 1.73. The van der Waals surface area contributed by atoms with Gasteiger partial charge in [0.25, 0.3) is 0 Å². The smallest absolute Gasteiger partial charge is 0.241 e. The van der Waals surface area contributed by atoms with Gasteiger partial charge in [-0.3, -0.25) is 5.10 Å². The number of nitrogens with one attached hydrogen (secondary N) is 2. The molecule has 5 rings (SSSR count). The highest BCUT2D eigenvalue weighted by Gasteiger charge is 2.26. The Labute approximate surface area is 176 Å². The third kappa shape index (κ3) is 3.18. The lowest BCUT2D eigenvalue weighted by Crippen LogP contribution is -2.17. The van der Waals surface area contributed by atoms with Gasteiger partial charge >= 0.3 is 0 Å². The first kappa shape index (κ1) is 19.4. The quantitative estimate of drug-likeness (QED) is 0.412. The van der Waals surface area contributed by atoms with Gasteiger partial charge in [-0.15, -0.1) is 0 Å². The highest BCUT2D eigenvalue weighted by atomic mass is 32.2. The molecule has 158 valence electrons. The maximum absolute atomic E-state index is 12.4. The number of sulfone groups is 1. The number of hydrogen-bond acceptors (Lipinski definition) is 8. The van der Waals surface area contributed by atoms with Crippen molar-refractivity contribution in [3.05, 3.63) is 42.9 Å². The van der Waals surface area contributed by atoms with E-state index in [1.807, 2.05) is 18.2 Å². The molecular formula is C18H15N7O4S2. The van der Waals surface area contributed by atoms with Crippen molar-refractivity contribution in [3.8, 4) is 22.6 Å². The number of imidazole rings is 1. The van der Waals surface area contributed by atoms with Gasteiger partial charge in [0, 0.05) is 35.0 Å². The van der Waals surface area contributed by atoms with Crippen molar-refractivity contribution < 1.29 is 16.8 Å². The van der Waals surface area contributed by atoms with Gasteiger partial charge in [0.05, 0.1) is 29.5 Å². The highest BCUT2D eigenvalue weighted by Crippen LogP contribution is 2.31. The Morgan fingerprint density at radius 3 is 2.52 bits per heavy atom. The van der Waals surface area contributed by atoms with Crippen LogP contribution in [0.4, 0.5) is 0 Å². The minimum Gasteiger partial charge on any atom is -0.338 e. The molecule has 31 heavy (non-hydrogen) atoms. The lowest BCUT2D eigenvalue weighted by atomic mass is 10.1. The molecule has 5 aromatic rings. The van der Waals surface area contributed by atoms with Crippen LogP contribution in [0.2, 0.25) is 0 Å². The third-order valence-corrected chi connectivity index (χ3v) is 6.82. The summed E-state index contributed by atoms with van der Waals surface area (Å²) in [5.74, 6) is 0. The summed E-state index contributed by atoms with van der Waals surface area (Å²) >= 11 is 0. The van der Waals surface area contributed by atoms with E-state index in [0.717, 1.165) is 23.6 Å². The average molecular weight is 457 g/mol. The Kier molecular flexibility index (Phi) is 4.04. The molecule has 13 heteroatoms. The summed E-state index contributed by atoms with van der Waals surface area (Å²) < 4.78 is 49.5. The molecule has 0 atom stereocenters. The van der Waals surface area contributed by atoms with E-state index < -0.39 is 25.0 Å². The molecule has 0 saturated carbocycles. The molecule has 0 aliphatic heterocycles. The van der Waals surface area contributed by atoms with Crippen LogP contribution in [-0.2, 0) is 19.9 Å². The van der Waals surface area contributed by atoms with Crippen molar-refractivity contribution in [3.63, 3.8) is 0 Å². The largest absolute Gasteiger partial charge is 0.338 e. The number of fused-ring (bicyclic) bond motifs is 2. The number of pyridine rings is 2. The third-order valence-electron chi connectivity index (χ3n) is 4.72. The van der Waals surface area contributed by atoms with Crippen molar-refractivity contribution in [1.29, 1.82) is 0 Å². The van der Waals surface area contributed by atoms with Crippen molar-refractivity contribution >= 4 is 41.9 Å². The molecule has 2 N–H and O–H groups in total. The molecular weight excluding hydrogens is 442 g/mol. The Morgan fingerprint density at radius 2 is 1.81 bits per heavy atom. The first-order valence-corrected chi connectivity index (χ1v) is 12.6. The van der Waals surface area contributed by atoms with E-state index in [9.17, 15) is 16.8 Å². The van der Waals surface area contributed by atoms with Gasteiger partial charge in [0.2, 0.25) is 25.0 Å². The molecule has 0 aliphatic rings. The average Bonchev–Trinajstić information content (AvgIpc) is 3.41. The summed E-state index contributed by atoms with van der Waals surface area (Å²) in [7, 11) is -7.84. The lowest BCUT2D eigenvalue weighted by molar-refractivity contribution is 0.574. The fourth-order valence-corrected chi connectivity index (χ4v) is 5.72. The van der Waals surface area contributed by atoms with E-state index in [1.165, 1.54) is 12.4 Å². The van der Waals surface area contributed by atoms with Gasteiger partial charge < -0.3 is 4.98 Å². The van der Waals surface area contributed by atoms with E-state index in [0.29, 0.717) is 31.9 Å². The van der Waals surface area contributed by atoms with Crippen molar-refractivity contribution in [2.45, 2.75) is 5.16 Å². The van der Waals surface area contributed by atoms with Crippen molar-refractivity contribution in [2.75, 3.05) is 12.5 Å². The maximum atomic E-state index is 12.4. The second kappa shape index (κ2) is 6.46. The summed E-state index contributed by atoms with van der Waals surface area (Å²) in [5, 5.41) is 8.11. The number of rotatable bonds is 4. The van der Waals surface area contributed by atoms with Gasteiger partial charge in [0.1, 0.15) is 5.65 Å². The van der Waals surface area contributed by atoms with E-state index in [4.69, 9.17) is 0 Å². The van der Waals surface area contributed by atoms with Crippen LogP contribution in [0.25, 0.3) is 44.7 Å². The van der Waals surface area contributed by atoms with Crippen LogP contribution in [0.1, 0.15) is 0 Å².